The van der Waals surface area contributed by atoms with Gasteiger partial charge in [0.1, 0.15) is 12.4 Å². The molecule has 0 radical (unpaired) electrons. The van der Waals surface area contributed by atoms with Crippen LogP contribution in [0.3, 0.4) is 0 Å². The molecule has 2 saturated heterocycles. The molecule has 1 aromatic carbocycles. The average Bonchev–Trinajstić information content (AvgIpc) is 3.21. The smallest absolute Gasteiger partial charge is 0.305 e. The molecule has 6 atom stereocenters. The number of aliphatic carboxylic acids is 1. The molecule has 2 N–H and O–H groups in total. The van der Waals surface area contributed by atoms with E-state index in [0.29, 0.717) is 16.9 Å². The number of aliphatic hydroxyl groups is 1. The predicted molar refractivity (Wildman–Crippen MR) is 133 cm³/mol. The zero-order chi connectivity index (χ0) is 27.6. The van der Waals surface area contributed by atoms with Crippen molar-refractivity contribution in [2.75, 3.05) is 26.8 Å². The van der Waals surface area contributed by atoms with Gasteiger partial charge in [0.25, 0.3) is 11.8 Å². The normalized spacial score (nSPS) is 34.2. The van der Waals surface area contributed by atoms with Gasteiger partial charge in [-0.1, -0.05) is 29.8 Å². The van der Waals surface area contributed by atoms with Crippen molar-refractivity contribution in [1.29, 1.82) is 0 Å². The van der Waals surface area contributed by atoms with Crippen LogP contribution >= 0.6 is 23.2 Å². The fourth-order valence-electron chi connectivity index (χ4n) is 6.59. The minimum atomic E-state index is -1.94. The Balaban J connectivity index is 1.66. The number of allylic oxidation sites excluding steroid dienone is 2. The van der Waals surface area contributed by atoms with Crippen LogP contribution in [-0.4, -0.2) is 86.2 Å². The summed E-state index contributed by atoms with van der Waals surface area (Å²) < 4.78 is 5.76. The highest BCUT2D eigenvalue weighted by atomic mass is 35.5. The van der Waals surface area contributed by atoms with Crippen molar-refractivity contribution in [3.63, 3.8) is 0 Å². The van der Waals surface area contributed by atoms with E-state index in [-0.39, 0.29) is 39.0 Å². The first-order valence-electron chi connectivity index (χ1n) is 12.3. The van der Waals surface area contributed by atoms with E-state index >= 15 is 0 Å². The van der Waals surface area contributed by atoms with Gasteiger partial charge in [0, 0.05) is 25.1 Å². The van der Waals surface area contributed by atoms with Crippen molar-refractivity contribution in [2.45, 2.75) is 34.9 Å². The van der Waals surface area contributed by atoms with E-state index in [2.05, 4.69) is 0 Å². The summed E-state index contributed by atoms with van der Waals surface area (Å²) in [5, 5.41) is 18.4. The summed E-state index contributed by atoms with van der Waals surface area (Å²) in [6.45, 7) is -0.548. The Hall–Kier alpha value is -2.95. The van der Waals surface area contributed by atoms with Crippen LogP contribution < -0.4 is 4.74 Å². The maximum absolute atomic E-state index is 13.6. The maximum atomic E-state index is 13.6. The Kier molecular flexibility index (Phi) is 6.56. The summed E-state index contributed by atoms with van der Waals surface area (Å²) in [6, 6.07) is 6.78. The molecular weight excluding hydrogens is 539 g/mol. The minimum Gasteiger partial charge on any atom is -0.491 e. The molecule has 5 rings (SSSR count). The highest BCUT2D eigenvalue weighted by Gasteiger charge is 2.76. The fraction of sp³-hybridized carbons (Fsp3) is 0.500. The van der Waals surface area contributed by atoms with E-state index in [0.717, 1.165) is 9.80 Å². The first-order chi connectivity index (χ1) is 18.0. The molecule has 1 saturated carbocycles. The van der Waals surface area contributed by atoms with Gasteiger partial charge in [-0.25, -0.2) is 0 Å². The number of carbonyl (C=O) groups excluding carboxylic acids is 4. The Morgan fingerprint density at radius 2 is 1.82 bits per heavy atom. The zero-order valence-electron chi connectivity index (χ0n) is 20.4. The molecule has 0 bridgehead atoms. The van der Waals surface area contributed by atoms with E-state index in [9.17, 15) is 29.1 Å². The number of halogens is 2. The molecule has 0 unspecified atom stereocenters. The van der Waals surface area contributed by atoms with Gasteiger partial charge in [-0.3, -0.25) is 33.8 Å². The predicted octanol–water partition coefficient (Wildman–Crippen LogP) is 1.52. The van der Waals surface area contributed by atoms with Crippen LogP contribution in [0, 0.1) is 17.8 Å². The maximum Gasteiger partial charge on any atom is 0.305 e. The van der Waals surface area contributed by atoms with E-state index in [1.54, 1.807) is 30.3 Å². The lowest BCUT2D eigenvalue weighted by Crippen LogP contribution is -2.60. The molecule has 202 valence electrons. The van der Waals surface area contributed by atoms with Crippen LogP contribution in [0.1, 0.15) is 30.7 Å². The van der Waals surface area contributed by atoms with E-state index in [1.807, 2.05) is 0 Å². The summed E-state index contributed by atoms with van der Waals surface area (Å²) in [5.41, 5.74) is 1.07. The monoisotopic (exact) mass is 564 g/mol. The summed E-state index contributed by atoms with van der Waals surface area (Å²) in [7, 11) is 1.31. The van der Waals surface area contributed by atoms with Gasteiger partial charge >= 0.3 is 5.97 Å². The lowest BCUT2D eigenvalue weighted by atomic mass is 9.56. The Morgan fingerprint density at radius 1 is 1.11 bits per heavy atom. The molecule has 12 heteroatoms. The summed E-state index contributed by atoms with van der Waals surface area (Å²) in [4.78, 5) is 62.9. The number of carboxylic acids is 1. The second kappa shape index (κ2) is 9.36. The van der Waals surface area contributed by atoms with Crippen LogP contribution in [0.25, 0.3) is 0 Å². The number of carboxylic acid groups (broad SMARTS) is 1. The third-order valence-corrected chi connectivity index (χ3v) is 9.65. The molecule has 2 aliphatic heterocycles. The van der Waals surface area contributed by atoms with Crippen LogP contribution in [0.4, 0.5) is 0 Å². The van der Waals surface area contributed by atoms with Gasteiger partial charge in [0.15, 0.2) is 9.75 Å². The number of ether oxygens (including phenoxy) is 1. The van der Waals surface area contributed by atoms with E-state index < -0.39 is 63.0 Å². The number of rotatable bonds is 7. The number of carbonyl (C=O) groups is 5. The molecule has 2 aliphatic carbocycles. The lowest BCUT2D eigenvalue weighted by molar-refractivity contribution is -0.143. The molecule has 4 aliphatic rings. The number of likely N-dealkylation sites (tertiary alicyclic amines) is 2. The average molecular weight is 565 g/mol. The second-order valence-corrected chi connectivity index (χ2v) is 11.3. The molecule has 4 amide bonds. The second-order valence-electron chi connectivity index (χ2n) is 10.1. The largest absolute Gasteiger partial charge is 0.491 e. The Bertz CT molecular complexity index is 1280. The molecule has 3 fully saturated rings. The van der Waals surface area contributed by atoms with Crippen LogP contribution in [0.2, 0.25) is 0 Å². The number of aliphatic hydroxyl groups excluding tert-OH is 1. The SMILES string of the molecule is CN1C(=O)[C@]2(Cl)C[C@@H]3C(=CC[C@@H]4C(=O)N(CCC(=O)O)C(=O)[C@@H]43)[C@H](c3ccccc3OCCO)[C@]2(Cl)C1=O. The number of hydrogen-bond donors (Lipinski definition) is 2. The fourth-order valence-corrected chi connectivity index (χ4v) is 7.60. The van der Waals surface area contributed by atoms with Crippen molar-refractivity contribution in [3.05, 3.63) is 41.5 Å². The standard InChI is InChI=1S/C26H26Cl2N2O8/c1-29-23(36)25(27)12-16-13(6-7-15-19(16)22(35)30(21(15)34)9-8-18(32)33)20(26(25,28)24(29)37)14-4-2-3-5-17(14)38-11-10-31/h2-6,15-16,19-20,31H,7-12H2,1H3,(H,32,33)/t15-,16+,19-,20+,25+,26-/m0/s1. The first kappa shape index (κ1) is 26.6. The van der Waals surface area contributed by atoms with Crippen LogP contribution in [0.15, 0.2) is 35.9 Å². The molecule has 1 aromatic rings. The van der Waals surface area contributed by atoms with Gasteiger partial charge in [0.2, 0.25) is 11.8 Å². The van der Waals surface area contributed by atoms with E-state index in [4.69, 9.17) is 33.0 Å². The zero-order valence-corrected chi connectivity index (χ0v) is 21.9. The molecule has 0 spiro atoms. The number of nitrogens with zero attached hydrogens (tertiary/aromatic N) is 2. The molecule has 10 nitrogen and oxygen atoms in total. The highest BCUT2D eigenvalue weighted by molar-refractivity contribution is 6.53. The Morgan fingerprint density at radius 3 is 2.50 bits per heavy atom. The molecule has 2 heterocycles. The van der Waals surface area contributed by atoms with Crippen molar-refractivity contribution in [3.8, 4) is 5.75 Å². The van der Waals surface area contributed by atoms with E-state index in [1.165, 1.54) is 7.05 Å². The molecule has 0 aromatic heterocycles. The Labute approximate surface area is 228 Å². The number of fused-ring (bicyclic) bond motifs is 4. The number of para-hydroxylation sites is 1. The van der Waals surface area contributed by atoms with Crippen LogP contribution in [0.5, 0.6) is 5.75 Å². The molecular formula is C26H26Cl2N2O8. The van der Waals surface area contributed by atoms with Crippen molar-refractivity contribution < 1.29 is 38.9 Å². The van der Waals surface area contributed by atoms with Gasteiger partial charge in [-0.05, 0) is 24.8 Å². The quantitative estimate of drug-likeness (QED) is 0.288. The summed E-state index contributed by atoms with van der Waals surface area (Å²) in [5.74, 6) is -6.46. The number of amides is 4. The van der Waals surface area contributed by atoms with Crippen molar-refractivity contribution >= 4 is 52.8 Å². The number of benzene rings is 1. The lowest BCUT2D eigenvalue weighted by Gasteiger charge is -2.51. The van der Waals surface area contributed by atoms with Gasteiger partial charge in [-0.2, -0.15) is 0 Å². The number of alkyl halides is 2. The van der Waals surface area contributed by atoms with Gasteiger partial charge in [-0.15, -0.1) is 23.2 Å². The summed E-state index contributed by atoms with van der Waals surface area (Å²) >= 11 is 14.2. The highest BCUT2D eigenvalue weighted by Crippen LogP contribution is 2.65. The summed E-state index contributed by atoms with van der Waals surface area (Å²) in [6.07, 6.45) is 1.44. The van der Waals surface area contributed by atoms with Crippen molar-refractivity contribution in [2.24, 2.45) is 17.8 Å². The number of imide groups is 2. The third-order valence-electron chi connectivity index (χ3n) is 8.23. The van der Waals surface area contributed by atoms with Gasteiger partial charge in [0.05, 0.1) is 24.9 Å². The number of hydrogen-bond acceptors (Lipinski definition) is 7. The van der Waals surface area contributed by atoms with Crippen LogP contribution in [-0.2, 0) is 24.0 Å². The van der Waals surface area contributed by atoms with Crippen molar-refractivity contribution in [1.82, 2.24) is 9.80 Å². The molecule has 38 heavy (non-hydrogen) atoms. The first-order valence-corrected chi connectivity index (χ1v) is 13.0. The van der Waals surface area contributed by atoms with Gasteiger partial charge < -0.3 is 14.9 Å². The third kappa shape index (κ3) is 3.53. The minimum absolute atomic E-state index is 0.0312. The topological polar surface area (TPSA) is 142 Å².